The Balaban J connectivity index is 1.73. The Morgan fingerprint density at radius 3 is 2.83 bits per heavy atom. The van der Waals surface area contributed by atoms with E-state index in [9.17, 15) is 0 Å². The summed E-state index contributed by atoms with van der Waals surface area (Å²) in [5.74, 6) is 2.37. The van der Waals surface area contributed by atoms with Crippen LogP contribution in [0.1, 0.15) is 36.7 Å². The van der Waals surface area contributed by atoms with E-state index >= 15 is 0 Å². The van der Waals surface area contributed by atoms with Crippen molar-refractivity contribution in [3.05, 3.63) is 41.0 Å². The average molecular weight is 344 g/mol. The van der Waals surface area contributed by atoms with E-state index in [-0.39, 0.29) is 0 Å². The number of aryl methyl sites for hydroxylation is 2. The number of nitrogens with zero attached hydrogens (tertiary/aromatic N) is 6. The molecule has 0 aliphatic heterocycles. The summed E-state index contributed by atoms with van der Waals surface area (Å²) >= 11 is 1.48. The van der Waals surface area contributed by atoms with Crippen LogP contribution in [0.5, 0.6) is 0 Å². The molecule has 24 heavy (non-hydrogen) atoms. The zero-order valence-corrected chi connectivity index (χ0v) is 15.0. The van der Waals surface area contributed by atoms with Crippen molar-refractivity contribution in [1.82, 2.24) is 30.3 Å². The molecule has 0 amide bonds. The summed E-state index contributed by atoms with van der Waals surface area (Å²) in [5.41, 5.74) is 3.31. The van der Waals surface area contributed by atoms with Gasteiger partial charge in [-0.05, 0) is 41.8 Å². The molecule has 7 nitrogen and oxygen atoms in total. The highest BCUT2D eigenvalue weighted by Crippen LogP contribution is 2.24. The average Bonchev–Trinajstić information content (AvgIpc) is 3.14. The molecule has 1 aromatic carbocycles. The molecule has 0 radical (unpaired) electrons. The number of hydrogen-bond donors (Lipinski definition) is 0. The lowest BCUT2D eigenvalue weighted by atomic mass is 10.1. The maximum absolute atomic E-state index is 5.29. The molecule has 3 rings (SSSR count). The Morgan fingerprint density at radius 1 is 1.25 bits per heavy atom. The van der Waals surface area contributed by atoms with Crippen molar-refractivity contribution in [1.29, 1.82) is 0 Å². The summed E-state index contributed by atoms with van der Waals surface area (Å²) in [6.45, 7) is 8.37. The van der Waals surface area contributed by atoms with Gasteiger partial charge >= 0.3 is 0 Å². The second-order valence-electron chi connectivity index (χ2n) is 6.15. The quantitative estimate of drug-likeness (QED) is 0.635. The van der Waals surface area contributed by atoms with Gasteiger partial charge in [0, 0.05) is 6.42 Å². The van der Waals surface area contributed by atoms with Gasteiger partial charge in [0.15, 0.2) is 5.82 Å². The SMILES string of the molecule is Cc1ccc(-n2nnnc2SCc2nc(CC(C)C)no2)c(C)c1. The lowest BCUT2D eigenvalue weighted by Crippen LogP contribution is -2.02. The molecule has 126 valence electrons. The molecule has 0 aliphatic carbocycles. The van der Waals surface area contributed by atoms with Gasteiger partial charge in [-0.1, -0.05) is 48.5 Å². The first-order valence-corrected chi connectivity index (χ1v) is 8.81. The third kappa shape index (κ3) is 3.81. The minimum atomic E-state index is 0.500. The van der Waals surface area contributed by atoms with E-state index in [2.05, 4.69) is 65.5 Å². The molecule has 8 heteroatoms. The molecule has 0 fully saturated rings. The summed E-state index contributed by atoms with van der Waals surface area (Å²) in [7, 11) is 0. The van der Waals surface area contributed by atoms with Gasteiger partial charge in [0.1, 0.15) is 0 Å². The van der Waals surface area contributed by atoms with Crippen LogP contribution in [0.3, 0.4) is 0 Å². The minimum Gasteiger partial charge on any atom is -0.338 e. The predicted octanol–water partition coefficient (Wildman–Crippen LogP) is 3.15. The molecule has 0 N–H and O–H groups in total. The topological polar surface area (TPSA) is 82.5 Å². The third-order valence-corrected chi connectivity index (χ3v) is 4.35. The summed E-state index contributed by atoms with van der Waals surface area (Å²) in [5, 5.41) is 16.7. The minimum absolute atomic E-state index is 0.500. The van der Waals surface area contributed by atoms with Gasteiger partial charge in [-0.25, -0.2) is 0 Å². The number of benzene rings is 1. The fourth-order valence-corrected chi connectivity index (χ4v) is 3.11. The van der Waals surface area contributed by atoms with Crippen molar-refractivity contribution in [2.75, 3.05) is 0 Å². The lowest BCUT2D eigenvalue weighted by Gasteiger charge is -2.07. The summed E-state index contributed by atoms with van der Waals surface area (Å²) in [4.78, 5) is 4.40. The van der Waals surface area contributed by atoms with E-state index in [1.807, 2.05) is 6.07 Å². The van der Waals surface area contributed by atoms with Crippen LogP contribution in [0, 0.1) is 19.8 Å². The zero-order valence-electron chi connectivity index (χ0n) is 14.2. The lowest BCUT2D eigenvalue weighted by molar-refractivity contribution is 0.382. The first-order chi connectivity index (χ1) is 11.5. The number of rotatable bonds is 6. The number of thioether (sulfide) groups is 1. The van der Waals surface area contributed by atoms with E-state index in [0.717, 1.165) is 23.5 Å². The van der Waals surface area contributed by atoms with E-state index in [1.165, 1.54) is 17.3 Å². The van der Waals surface area contributed by atoms with E-state index in [4.69, 9.17) is 4.52 Å². The largest absolute Gasteiger partial charge is 0.338 e. The number of hydrogen-bond acceptors (Lipinski definition) is 7. The van der Waals surface area contributed by atoms with Crippen LogP contribution in [-0.4, -0.2) is 30.3 Å². The molecule has 0 spiro atoms. The van der Waals surface area contributed by atoms with Gasteiger partial charge in [-0.2, -0.15) is 9.67 Å². The van der Waals surface area contributed by atoms with Crippen molar-refractivity contribution >= 4 is 11.8 Å². The number of aromatic nitrogens is 6. The Hall–Kier alpha value is -2.22. The first kappa shape index (κ1) is 16.6. The van der Waals surface area contributed by atoms with Gasteiger partial charge < -0.3 is 4.52 Å². The van der Waals surface area contributed by atoms with Crippen LogP contribution in [0.2, 0.25) is 0 Å². The highest BCUT2D eigenvalue weighted by molar-refractivity contribution is 7.98. The second kappa shape index (κ2) is 7.12. The maximum Gasteiger partial charge on any atom is 0.237 e. The summed E-state index contributed by atoms with van der Waals surface area (Å²) in [6, 6.07) is 6.19. The van der Waals surface area contributed by atoms with E-state index in [0.29, 0.717) is 22.7 Å². The molecule has 3 aromatic rings. The summed E-state index contributed by atoms with van der Waals surface area (Å²) < 4.78 is 7.03. The van der Waals surface area contributed by atoms with Crippen molar-refractivity contribution in [2.24, 2.45) is 5.92 Å². The predicted molar refractivity (Wildman–Crippen MR) is 91.0 cm³/mol. The second-order valence-corrected chi connectivity index (χ2v) is 7.10. The van der Waals surface area contributed by atoms with Crippen molar-refractivity contribution in [3.63, 3.8) is 0 Å². The smallest absolute Gasteiger partial charge is 0.237 e. The standard InChI is InChI=1S/C16H20N6OS/c1-10(2)7-14-17-15(23-19-14)9-24-16-18-20-21-22(16)13-6-5-11(3)8-12(13)4/h5-6,8,10H,7,9H2,1-4H3. The molecular formula is C16H20N6OS. The molecule has 2 heterocycles. The fourth-order valence-electron chi connectivity index (χ4n) is 2.39. The van der Waals surface area contributed by atoms with Crippen LogP contribution in [0.25, 0.3) is 5.69 Å². The zero-order chi connectivity index (χ0) is 17.1. The molecular weight excluding hydrogens is 324 g/mol. The Labute approximate surface area is 144 Å². The van der Waals surface area contributed by atoms with Crippen molar-refractivity contribution < 1.29 is 4.52 Å². The van der Waals surface area contributed by atoms with Crippen LogP contribution in [0.15, 0.2) is 27.9 Å². The van der Waals surface area contributed by atoms with Gasteiger partial charge in [0.05, 0.1) is 11.4 Å². The van der Waals surface area contributed by atoms with Gasteiger partial charge in [-0.15, -0.1) is 5.10 Å². The monoisotopic (exact) mass is 344 g/mol. The molecule has 0 saturated heterocycles. The Morgan fingerprint density at radius 2 is 2.08 bits per heavy atom. The molecule has 0 unspecified atom stereocenters. The molecule has 2 aromatic heterocycles. The summed E-state index contributed by atoms with van der Waals surface area (Å²) in [6.07, 6.45) is 0.814. The van der Waals surface area contributed by atoms with Crippen LogP contribution in [0.4, 0.5) is 0 Å². The Kier molecular flexibility index (Phi) is 4.94. The van der Waals surface area contributed by atoms with Gasteiger partial charge in [0.25, 0.3) is 0 Å². The van der Waals surface area contributed by atoms with Crippen molar-refractivity contribution in [2.45, 2.75) is 45.0 Å². The highest BCUT2D eigenvalue weighted by Gasteiger charge is 2.14. The number of tetrazole rings is 1. The normalized spacial score (nSPS) is 11.4. The third-order valence-electron chi connectivity index (χ3n) is 3.45. The molecule has 0 bridgehead atoms. The van der Waals surface area contributed by atoms with E-state index < -0.39 is 0 Å². The Bertz CT molecular complexity index is 826. The van der Waals surface area contributed by atoms with Crippen LogP contribution >= 0.6 is 11.8 Å². The van der Waals surface area contributed by atoms with Crippen LogP contribution < -0.4 is 0 Å². The highest BCUT2D eigenvalue weighted by atomic mass is 32.2. The maximum atomic E-state index is 5.29. The van der Waals surface area contributed by atoms with Gasteiger partial charge in [0.2, 0.25) is 11.0 Å². The fraction of sp³-hybridized carbons (Fsp3) is 0.438. The van der Waals surface area contributed by atoms with Gasteiger partial charge in [-0.3, -0.25) is 0 Å². The molecule has 0 aliphatic rings. The first-order valence-electron chi connectivity index (χ1n) is 7.83. The molecule has 0 saturated carbocycles. The van der Waals surface area contributed by atoms with E-state index in [1.54, 1.807) is 4.68 Å². The van der Waals surface area contributed by atoms with Crippen molar-refractivity contribution in [3.8, 4) is 5.69 Å². The molecule has 0 atom stereocenters. The van der Waals surface area contributed by atoms with Crippen LogP contribution in [-0.2, 0) is 12.2 Å².